The Hall–Kier alpha value is -3.74. The van der Waals surface area contributed by atoms with Gasteiger partial charge in [-0.05, 0) is 79.2 Å². The monoisotopic (exact) mass is 783 g/mol. The van der Waals surface area contributed by atoms with E-state index >= 15 is 0 Å². The van der Waals surface area contributed by atoms with E-state index in [0.29, 0.717) is 44.9 Å². The number of rotatable bonds is 17. The maximum absolute atomic E-state index is 15.0. The van der Waals surface area contributed by atoms with Gasteiger partial charge in [-0.15, -0.1) is 6.58 Å². The number of hydrogen-bond acceptors (Lipinski definition) is 7. The van der Waals surface area contributed by atoms with Crippen molar-refractivity contribution >= 4 is 39.4 Å². The molecule has 0 spiro atoms. The van der Waals surface area contributed by atoms with Crippen molar-refractivity contribution < 1.29 is 32.4 Å². The number of amides is 5. The SMILES string of the molecule is C=CCNC(=O)C(=O)C(CCC)NC(=O)C1C(C(C)(C)C)CCN1C(=O)[C@@H](NC(=O)NC1(CS(=O)(=O)CCC(C)C)CCCCC1)C1Cc2ccccc2C1. The predicted molar refractivity (Wildman–Crippen MR) is 215 cm³/mol. The summed E-state index contributed by atoms with van der Waals surface area (Å²) < 4.78 is 26.7. The largest absolute Gasteiger partial charge is 0.346 e. The lowest BCUT2D eigenvalue weighted by atomic mass is 9.76. The van der Waals surface area contributed by atoms with Crippen LogP contribution in [0.15, 0.2) is 36.9 Å². The normalized spacial score (nSPS) is 21.0. The third-order valence-electron chi connectivity index (χ3n) is 11.7. The van der Waals surface area contributed by atoms with Gasteiger partial charge in [0.25, 0.3) is 5.91 Å². The highest BCUT2D eigenvalue weighted by Crippen LogP contribution is 2.40. The molecule has 13 heteroatoms. The van der Waals surface area contributed by atoms with Crippen molar-refractivity contribution in [1.29, 1.82) is 0 Å². The second-order valence-corrected chi connectivity index (χ2v) is 19.8. The summed E-state index contributed by atoms with van der Waals surface area (Å²) in [6.07, 6.45) is 7.98. The maximum atomic E-state index is 15.0. The van der Waals surface area contributed by atoms with Crippen LogP contribution in [-0.2, 0) is 41.9 Å². The number of carbonyl (C=O) groups excluding carboxylic acids is 5. The van der Waals surface area contributed by atoms with Crippen molar-refractivity contribution in [3.8, 4) is 0 Å². The molecule has 0 aromatic heterocycles. The van der Waals surface area contributed by atoms with E-state index in [1.165, 1.54) is 6.08 Å². The summed E-state index contributed by atoms with van der Waals surface area (Å²) in [6, 6.07) is 4.30. The Morgan fingerprint density at radius 1 is 0.982 bits per heavy atom. The first kappa shape index (κ1) is 44.0. The molecule has 1 saturated heterocycles. The molecule has 3 unspecified atom stereocenters. The number of nitrogens with one attached hydrogen (secondary N) is 4. The summed E-state index contributed by atoms with van der Waals surface area (Å²) in [5.74, 6) is -2.96. The van der Waals surface area contributed by atoms with Gasteiger partial charge in [0.2, 0.25) is 17.6 Å². The van der Waals surface area contributed by atoms with Crippen molar-refractivity contribution in [2.24, 2.45) is 23.2 Å². The topological polar surface area (TPSA) is 171 Å². The second kappa shape index (κ2) is 18.9. The first-order valence-corrected chi connectivity index (χ1v) is 22.1. The van der Waals surface area contributed by atoms with E-state index in [9.17, 15) is 32.4 Å². The Morgan fingerprint density at radius 3 is 2.18 bits per heavy atom. The Kier molecular flexibility index (Phi) is 15.1. The number of nitrogens with zero attached hydrogens (tertiary/aromatic N) is 1. The molecule has 1 saturated carbocycles. The molecule has 2 aliphatic carbocycles. The fourth-order valence-corrected chi connectivity index (χ4v) is 10.9. The van der Waals surface area contributed by atoms with Gasteiger partial charge in [-0.2, -0.15) is 0 Å². The highest BCUT2D eigenvalue weighted by Gasteiger charge is 2.50. The lowest BCUT2D eigenvalue weighted by Gasteiger charge is -2.39. The quantitative estimate of drug-likeness (QED) is 0.132. The molecule has 4 atom stereocenters. The number of urea groups is 1. The summed E-state index contributed by atoms with van der Waals surface area (Å²) in [7, 11) is -3.47. The summed E-state index contributed by atoms with van der Waals surface area (Å²) >= 11 is 0. The molecule has 12 nitrogen and oxygen atoms in total. The molecular weight excluding hydrogens is 719 g/mol. The summed E-state index contributed by atoms with van der Waals surface area (Å²) in [6.45, 7) is 15.8. The van der Waals surface area contributed by atoms with Crippen LogP contribution in [0.25, 0.3) is 0 Å². The lowest BCUT2D eigenvalue weighted by molar-refractivity contribution is -0.144. The van der Waals surface area contributed by atoms with Gasteiger partial charge in [-0.25, -0.2) is 13.2 Å². The number of fused-ring (bicyclic) bond motifs is 1. The Labute approximate surface area is 328 Å². The number of Topliss-reactive ketones (excluding diaryl/α,β-unsaturated/α-hetero) is 1. The number of carbonyl (C=O) groups is 5. The highest BCUT2D eigenvalue weighted by atomic mass is 32.2. The molecule has 0 radical (unpaired) electrons. The van der Waals surface area contributed by atoms with Crippen LogP contribution in [-0.4, -0.2) is 91.1 Å². The first-order valence-electron chi connectivity index (χ1n) is 20.3. The molecule has 1 aliphatic heterocycles. The van der Waals surface area contributed by atoms with Gasteiger partial charge in [-0.1, -0.05) is 97.6 Å². The van der Waals surface area contributed by atoms with E-state index in [2.05, 4.69) is 27.8 Å². The minimum Gasteiger partial charge on any atom is -0.346 e. The van der Waals surface area contributed by atoms with E-state index in [1.807, 2.05) is 65.8 Å². The molecule has 306 valence electrons. The van der Waals surface area contributed by atoms with Crippen molar-refractivity contribution in [2.45, 2.75) is 136 Å². The Bertz CT molecular complexity index is 1640. The molecule has 4 N–H and O–H groups in total. The number of sulfone groups is 1. The van der Waals surface area contributed by atoms with Gasteiger partial charge >= 0.3 is 6.03 Å². The van der Waals surface area contributed by atoms with Gasteiger partial charge in [0.05, 0.1) is 23.1 Å². The van der Waals surface area contributed by atoms with Crippen molar-refractivity contribution in [3.05, 3.63) is 48.0 Å². The minimum atomic E-state index is -3.47. The standard InChI is InChI=1S/C42H65N5O7S/c1-8-15-33(36(48)38(50)43-22-9-2)44-37(49)35-32(41(5,6)7)18-23-47(35)39(51)34(31-25-29-16-11-12-17-30(29)26-31)45-40(52)46-42(20-13-10-14-21-42)27-55(53,54)24-19-28(3)4/h9,11-12,16-17,28,31-35H,2,8,10,13-15,18-27H2,1,3-7H3,(H,43,50)(H,44,49)(H2,45,46,52)/t32?,33?,34-,35?/m0/s1. The molecule has 3 aliphatic rings. The molecular formula is C42H65N5O7S. The van der Waals surface area contributed by atoms with Gasteiger partial charge in [0, 0.05) is 13.1 Å². The number of ketones is 1. The maximum Gasteiger partial charge on any atom is 0.315 e. The van der Waals surface area contributed by atoms with Crippen LogP contribution >= 0.6 is 0 Å². The molecule has 1 heterocycles. The van der Waals surface area contributed by atoms with Crippen molar-refractivity contribution in [2.75, 3.05) is 24.6 Å². The van der Waals surface area contributed by atoms with E-state index < -0.39 is 68.5 Å². The zero-order valence-corrected chi connectivity index (χ0v) is 34.7. The molecule has 55 heavy (non-hydrogen) atoms. The van der Waals surface area contributed by atoms with E-state index in [1.54, 1.807) is 4.90 Å². The van der Waals surface area contributed by atoms with Crippen LogP contribution in [0.4, 0.5) is 4.79 Å². The average molecular weight is 784 g/mol. The summed E-state index contributed by atoms with van der Waals surface area (Å²) in [5, 5.41) is 11.4. The van der Waals surface area contributed by atoms with Gasteiger partial charge < -0.3 is 26.2 Å². The molecule has 0 bridgehead atoms. The summed E-state index contributed by atoms with van der Waals surface area (Å²) in [5.41, 5.74) is 0.829. The van der Waals surface area contributed by atoms with Crippen molar-refractivity contribution in [1.82, 2.24) is 26.2 Å². The van der Waals surface area contributed by atoms with Gasteiger partial charge in [0.1, 0.15) is 12.1 Å². The third-order valence-corrected chi connectivity index (χ3v) is 13.6. The van der Waals surface area contributed by atoms with Crippen LogP contribution in [0.3, 0.4) is 0 Å². The van der Waals surface area contributed by atoms with Crippen molar-refractivity contribution in [3.63, 3.8) is 0 Å². The van der Waals surface area contributed by atoms with E-state index in [0.717, 1.165) is 30.4 Å². The fraction of sp³-hybridized carbons (Fsp3) is 0.690. The van der Waals surface area contributed by atoms with Crippen LogP contribution in [0, 0.1) is 23.2 Å². The van der Waals surface area contributed by atoms with Gasteiger partial charge in [0.15, 0.2) is 9.84 Å². The zero-order valence-electron chi connectivity index (χ0n) is 33.9. The smallest absolute Gasteiger partial charge is 0.315 e. The third kappa shape index (κ3) is 11.6. The van der Waals surface area contributed by atoms with E-state index in [4.69, 9.17) is 0 Å². The molecule has 5 amide bonds. The second-order valence-electron chi connectivity index (χ2n) is 17.6. The van der Waals surface area contributed by atoms with E-state index in [-0.39, 0.29) is 48.8 Å². The fourth-order valence-electron chi connectivity index (χ4n) is 8.74. The average Bonchev–Trinajstić information content (AvgIpc) is 3.77. The first-order chi connectivity index (χ1) is 25.9. The minimum absolute atomic E-state index is 0.0503. The zero-order chi connectivity index (χ0) is 40.6. The Balaban J connectivity index is 1.64. The van der Waals surface area contributed by atoms with Crippen LogP contribution < -0.4 is 21.3 Å². The van der Waals surface area contributed by atoms with Crippen LogP contribution in [0.1, 0.15) is 110 Å². The summed E-state index contributed by atoms with van der Waals surface area (Å²) in [4.78, 5) is 70.9. The number of hydrogen-bond donors (Lipinski definition) is 4. The number of likely N-dealkylation sites (tertiary alicyclic amines) is 1. The highest BCUT2D eigenvalue weighted by molar-refractivity contribution is 7.91. The molecule has 2 fully saturated rings. The van der Waals surface area contributed by atoms with Crippen LogP contribution in [0.5, 0.6) is 0 Å². The molecule has 1 aromatic rings. The van der Waals surface area contributed by atoms with Gasteiger partial charge in [-0.3, -0.25) is 19.2 Å². The lowest BCUT2D eigenvalue weighted by Crippen LogP contribution is -2.63. The number of benzene rings is 1. The predicted octanol–water partition coefficient (Wildman–Crippen LogP) is 4.65. The molecule has 1 aromatic carbocycles. The van der Waals surface area contributed by atoms with Crippen LogP contribution in [0.2, 0.25) is 0 Å². The Morgan fingerprint density at radius 2 is 1.62 bits per heavy atom. The molecule has 4 rings (SSSR count).